The molecule has 0 amide bonds. The van der Waals surface area contributed by atoms with Gasteiger partial charge < -0.3 is 15.4 Å². The van der Waals surface area contributed by atoms with Crippen LogP contribution in [0.5, 0.6) is 5.75 Å². The van der Waals surface area contributed by atoms with Crippen LogP contribution < -0.4 is 15.4 Å². The van der Waals surface area contributed by atoms with E-state index in [1.165, 1.54) is 11.1 Å². The number of hydrogen-bond donors (Lipinski definition) is 2. The summed E-state index contributed by atoms with van der Waals surface area (Å²) in [5, 5.41) is 7.06. The van der Waals surface area contributed by atoms with E-state index in [1.807, 2.05) is 24.3 Å². The van der Waals surface area contributed by atoms with Crippen molar-refractivity contribution in [3.8, 4) is 5.75 Å². The van der Waals surface area contributed by atoms with Gasteiger partial charge in [0.05, 0.1) is 6.04 Å². The first-order valence-corrected chi connectivity index (χ1v) is 7.97. The second-order valence-electron chi connectivity index (χ2n) is 5.36. The average Bonchev–Trinajstić information content (AvgIpc) is 2.53. The van der Waals surface area contributed by atoms with Crippen molar-refractivity contribution in [1.29, 1.82) is 0 Å². The van der Waals surface area contributed by atoms with Crippen LogP contribution in [0.1, 0.15) is 24.1 Å². The average molecular weight is 326 g/mol. The zero-order chi connectivity index (χ0) is 16.7. The Morgan fingerprint density at radius 3 is 2.70 bits per heavy atom. The third kappa shape index (κ3) is 5.42. The number of aryl methyl sites for hydroxylation is 1. The molecule has 0 spiro atoms. The third-order valence-corrected chi connectivity index (χ3v) is 3.60. The first-order chi connectivity index (χ1) is 11.1. The largest absolute Gasteiger partial charge is 0.489 e. The van der Waals surface area contributed by atoms with Crippen LogP contribution in [0.4, 0.5) is 5.69 Å². The molecule has 0 heterocycles. The van der Waals surface area contributed by atoms with E-state index in [-0.39, 0.29) is 6.04 Å². The van der Waals surface area contributed by atoms with E-state index in [1.54, 1.807) is 6.08 Å². The maximum absolute atomic E-state index is 5.52. The van der Waals surface area contributed by atoms with Crippen molar-refractivity contribution >= 4 is 23.0 Å². The lowest BCUT2D eigenvalue weighted by Crippen LogP contribution is -2.30. The van der Waals surface area contributed by atoms with Gasteiger partial charge in [-0.1, -0.05) is 48.6 Å². The first-order valence-electron chi connectivity index (χ1n) is 7.56. The van der Waals surface area contributed by atoms with Gasteiger partial charge in [-0.15, -0.1) is 0 Å². The summed E-state index contributed by atoms with van der Waals surface area (Å²) in [4.78, 5) is 0. The molecule has 0 radical (unpaired) electrons. The van der Waals surface area contributed by atoms with Crippen LogP contribution in [-0.4, -0.2) is 11.7 Å². The molecule has 0 aliphatic carbocycles. The van der Waals surface area contributed by atoms with E-state index in [9.17, 15) is 0 Å². The van der Waals surface area contributed by atoms with Gasteiger partial charge in [-0.05, 0) is 43.8 Å². The number of thiocarbonyl (C=S) groups is 1. The molecule has 2 N–H and O–H groups in total. The van der Waals surface area contributed by atoms with Crippen molar-refractivity contribution < 1.29 is 4.74 Å². The lowest BCUT2D eigenvalue weighted by atomic mass is 10.1. The molecule has 120 valence electrons. The van der Waals surface area contributed by atoms with Gasteiger partial charge in [-0.3, -0.25) is 0 Å². The monoisotopic (exact) mass is 326 g/mol. The summed E-state index contributed by atoms with van der Waals surface area (Å²) in [6.45, 7) is 8.29. The van der Waals surface area contributed by atoms with Crippen LogP contribution >= 0.6 is 12.2 Å². The Morgan fingerprint density at radius 2 is 2.00 bits per heavy atom. The number of ether oxygens (including phenoxy) is 1. The maximum Gasteiger partial charge on any atom is 0.171 e. The molecule has 2 aromatic carbocycles. The van der Waals surface area contributed by atoms with Crippen molar-refractivity contribution in [2.24, 2.45) is 0 Å². The number of benzene rings is 2. The van der Waals surface area contributed by atoms with E-state index in [2.05, 4.69) is 55.3 Å². The van der Waals surface area contributed by atoms with Crippen LogP contribution in [0.25, 0.3) is 0 Å². The summed E-state index contributed by atoms with van der Waals surface area (Å²) < 4.78 is 5.52. The summed E-state index contributed by atoms with van der Waals surface area (Å²) in [7, 11) is 0. The fraction of sp³-hybridized carbons (Fsp3) is 0.211. The van der Waals surface area contributed by atoms with E-state index >= 15 is 0 Å². The Hall–Kier alpha value is -2.33. The van der Waals surface area contributed by atoms with E-state index in [0.29, 0.717) is 11.7 Å². The van der Waals surface area contributed by atoms with Crippen LogP contribution in [0.15, 0.2) is 61.2 Å². The van der Waals surface area contributed by atoms with Gasteiger partial charge in [0.2, 0.25) is 0 Å². The minimum absolute atomic E-state index is 0.135. The number of anilines is 1. The van der Waals surface area contributed by atoms with Gasteiger partial charge in [0, 0.05) is 11.8 Å². The molecular formula is C19H22N2OS. The molecule has 2 rings (SSSR count). The molecule has 0 unspecified atom stereocenters. The molecule has 3 nitrogen and oxygen atoms in total. The van der Waals surface area contributed by atoms with Gasteiger partial charge in [0.1, 0.15) is 12.4 Å². The van der Waals surface area contributed by atoms with Crippen LogP contribution in [-0.2, 0) is 0 Å². The van der Waals surface area contributed by atoms with Crippen molar-refractivity contribution in [2.45, 2.75) is 19.9 Å². The van der Waals surface area contributed by atoms with Crippen molar-refractivity contribution in [3.63, 3.8) is 0 Å². The topological polar surface area (TPSA) is 33.3 Å². The standard InChI is InChI=1S/C19H22N2OS/c1-4-12-22-18-7-5-6-17(13-18)21-19(23)20-15(3)16-10-8-14(2)9-11-16/h4-11,13,15H,1,12H2,2-3H3,(H2,20,21,23)/t15-/m0/s1. The summed E-state index contributed by atoms with van der Waals surface area (Å²) in [6, 6.07) is 16.2. The molecule has 0 aromatic heterocycles. The Morgan fingerprint density at radius 1 is 1.26 bits per heavy atom. The van der Waals surface area contributed by atoms with Crippen LogP contribution in [0.2, 0.25) is 0 Å². The van der Waals surface area contributed by atoms with Crippen LogP contribution in [0.3, 0.4) is 0 Å². The smallest absolute Gasteiger partial charge is 0.171 e. The van der Waals surface area contributed by atoms with E-state index in [4.69, 9.17) is 17.0 Å². The number of nitrogens with one attached hydrogen (secondary N) is 2. The second kappa shape index (κ2) is 8.34. The zero-order valence-corrected chi connectivity index (χ0v) is 14.3. The minimum atomic E-state index is 0.135. The van der Waals surface area contributed by atoms with E-state index < -0.39 is 0 Å². The molecule has 23 heavy (non-hydrogen) atoms. The summed E-state index contributed by atoms with van der Waals surface area (Å²) >= 11 is 5.39. The van der Waals surface area contributed by atoms with E-state index in [0.717, 1.165) is 11.4 Å². The Kier molecular flexibility index (Phi) is 6.18. The molecule has 4 heteroatoms. The number of hydrogen-bond acceptors (Lipinski definition) is 2. The predicted octanol–water partition coefficient (Wildman–Crippen LogP) is 4.61. The molecule has 0 saturated heterocycles. The highest BCUT2D eigenvalue weighted by Gasteiger charge is 2.07. The van der Waals surface area contributed by atoms with Gasteiger partial charge >= 0.3 is 0 Å². The Balaban J connectivity index is 1.93. The van der Waals surface area contributed by atoms with Gasteiger partial charge in [-0.2, -0.15) is 0 Å². The first kappa shape index (κ1) is 17.0. The molecule has 0 bridgehead atoms. The van der Waals surface area contributed by atoms with Gasteiger partial charge in [-0.25, -0.2) is 0 Å². The normalized spacial score (nSPS) is 11.4. The lowest BCUT2D eigenvalue weighted by molar-refractivity contribution is 0.363. The van der Waals surface area contributed by atoms with Crippen LogP contribution in [0, 0.1) is 6.92 Å². The Labute approximate surface area is 143 Å². The van der Waals surface area contributed by atoms with Gasteiger partial charge in [0.15, 0.2) is 5.11 Å². The number of rotatable bonds is 6. The summed E-state index contributed by atoms with van der Waals surface area (Å²) in [5.41, 5.74) is 3.33. The minimum Gasteiger partial charge on any atom is -0.489 e. The fourth-order valence-electron chi connectivity index (χ4n) is 2.12. The molecule has 0 fully saturated rings. The zero-order valence-electron chi connectivity index (χ0n) is 13.5. The Bertz CT molecular complexity index is 667. The molecule has 0 aliphatic rings. The fourth-order valence-corrected chi connectivity index (χ4v) is 2.42. The maximum atomic E-state index is 5.52. The van der Waals surface area contributed by atoms with Crippen molar-refractivity contribution in [1.82, 2.24) is 5.32 Å². The van der Waals surface area contributed by atoms with Gasteiger partial charge in [0.25, 0.3) is 0 Å². The molecule has 2 aromatic rings. The lowest BCUT2D eigenvalue weighted by Gasteiger charge is -2.18. The SMILES string of the molecule is C=CCOc1cccc(NC(=S)N[C@@H](C)c2ccc(C)cc2)c1. The highest BCUT2D eigenvalue weighted by Crippen LogP contribution is 2.18. The summed E-state index contributed by atoms with van der Waals surface area (Å²) in [6.07, 6.45) is 1.72. The molecule has 0 saturated carbocycles. The highest BCUT2D eigenvalue weighted by molar-refractivity contribution is 7.80. The van der Waals surface area contributed by atoms with Crippen molar-refractivity contribution in [2.75, 3.05) is 11.9 Å². The summed E-state index contributed by atoms with van der Waals surface area (Å²) in [5.74, 6) is 0.782. The molecular weight excluding hydrogens is 304 g/mol. The quantitative estimate of drug-likeness (QED) is 0.600. The molecule has 0 aliphatic heterocycles. The molecule has 1 atom stereocenters. The second-order valence-corrected chi connectivity index (χ2v) is 5.77. The predicted molar refractivity (Wildman–Crippen MR) is 101 cm³/mol. The highest BCUT2D eigenvalue weighted by atomic mass is 32.1. The van der Waals surface area contributed by atoms with Crippen molar-refractivity contribution in [3.05, 3.63) is 72.3 Å². The third-order valence-electron chi connectivity index (χ3n) is 3.38.